The second-order valence-electron chi connectivity index (χ2n) is 3.71. The number of aromatic amines is 1. The Bertz CT molecular complexity index is 567. The van der Waals surface area contributed by atoms with Crippen LogP contribution in [0.1, 0.15) is 5.56 Å². The van der Waals surface area contributed by atoms with Crippen molar-refractivity contribution in [2.75, 3.05) is 7.11 Å². The zero-order chi connectivity index (χ0) is 11.7. The first kappa shape index (κ1) is 10.5. The van der Waals surface area contributed by atoms with Gasteiger partial charge in [0.15, 0.2) is 0 Å². The van der Waals surface area contributed by atoms with Crippen molar-refractivity contribution >= 4 is 0 Å². The summed E-state index contributed by atoms with van der Waals surface area (Å²) in [5, 5.41) is 3.03. The Kier molecular flexibility index (Phi) is 2.56. The molecule has 0 bridgehead atoms. The molecule has 16 heavy (non-hydrogen) atoms. The zero-order valence-corrected chi connectivity index (χ0v) is 9.57. The first-order chi connectivity index (χ1) is 7.63. The van der Waals surface area contributed by atoms with Crippen molar-refractivity contribution in [3.05, 3.63) is 40.2 Å². The molecule has 0 amide bonds. The number of aryl methyl sites for hydroxylation is 1. The van der Waals surface area contributed by atoms with Crippen molar-refractivity contribution in [3.8, 4) is 17.0 Å². The maximum absolute atomic E-state index is 11.6. The molecule has 0 saturated carbocycles. The van der Waals surface area contributed by atoms with Crippen LogP contribution in [0.3, 0.4) is 0 Å². The van der Waals surface area contributed by atoms with E-state index < -0.39 is 0 Å². The average molecular weight is 218 g/mol. The first-order valence-corrected chi connectivity index (χ1v) is 5.03. The van der Waals surface area contributed by atoms with E-state index in [0.29, 0.717) is 0 Å². The van der Waals surface area contributed by atoms with E-state index in [9.17, 15) is 4.79 Å². The summed E-state index contributed by atoms with van der Waals surface area (Å²) >= 11 is 0. The Morgan fingerprint density at radius 2 is 2.12 bits per heavy atom. The van der Waals surface area contributed by atoms with Crippen LogP contribution in [0.2, 0.25) is 0 Å². The van der Waals surface area contributed by atoms with E-state index in [-0.39, 0.29) is 5.56 Å². The van der Waals surface area contributed by atoms with Crippen LogP contribution in [-0.2, 0) is 7.05 Å². The summed E-state index contributed by atoms with van der Waals surface area (Å²) in [5.74, 6) is 0.779. The molecular weight excluding hydrogens is 204 g/mol. The molecule has 2 aromatic rings. The van der Waals surface area contributed by atoms with Crippen LogP contribution in [0, 0.1) is 6.92 Å². The van der Waals surface area contributed by atoms with Gasteiger partial charge in [0.2, 0.25) is 0 Å². The lowest BCUT2D eigenvalue weighted by Gasteiger charge is -2.03. The van der Waals surface area contributed by atoms with Gasteiger partial charge in [-0.2, -0.15) is 0 Å². The summed E-state index contributed by atoms with van der Waals surface area (Å²) < 4.78 is 6.63. The standard InChI is InChI=1S/C12H14N2O2/c1-8-11(13-14(2)12(8)15)9-5-4-6-10(7-9)16-3/h4-7,13H,1-3H3. The number of ether oxygens (including phenoxy) is 1. The molecule has 4 heteroatoms. The van der Waals surface area contributed by atoms with Crippen molar-refractivity contribution in [3.63, 3.8) is 0 Å². The van der Waals surface area contributed by atoms with E-state index in [0.717, 1.165) is 22.6 Å². The summed E-state index contributed by atoms with van der Waals surface area (Å²) in [6, 6.07) is 7.62. The van der Waals surface area contributed by atoms with Crippen LogP contribution in [0.25, 0.3) is 11.3 Å². The molecule has 1 N–H and O–H groups in total. The van der Waals surface area contributed by atoms with Gasteiger partial charge >= 0.3 is 0 Å². The van der Waals surface area contributed by atoms with Gasteiger partial charge in [-0.15, -0.1) is 0 Å². The molecule has 0 saturated heterocycles. The second-order valence-corrected chi connectivity index (χ2v) is 3.71. The maximum atomic E-state index is 11.6. The third-order valence-electron chi connectivity index (χ3n) is 2.64. The summed E-state index contributed by atoms with van der Waals surface area (Å²) in [6.45, 7) is 1.81. The molecule has 0 atom stereocenters. The van der Waals surface area contributed by atoms with Crippen LogP contribution in [0.5, 0.6) is 5.75 Å². The Balaban J connectivity index is 2.58. The molecule has 0 aliphatic rings. The average Bonchev–Trinajstić information content (AvgIpc) is 2.57. The van der Waals surface area contributed by atoms with Crippen molar-refractivity contribution in [1.29, 1.82) is 0 Å². The first-order valence-electron chi connectivity index (χ1n) is 5.03. The highest BCUT2D eigenvalue weighted by Gasteiger charge is 2.09. The minimum Gasteiger partial charge on any atom is -0.497 e. The van der Waals surface area contributed by atoms with Gasteiger partial charge < -0.3 is 4.74 Å². The molecule has 0 unspecified atom stereocenters. The van der Waals surface area contributed by atoms with Crippen LogP contribution < -0.4 is 10.3 Å². The van der Waals surface area contributed by atoms with E-state index in [1.54, 1.807) is 14.2 Å². The van der Waals surface area contributed by atoms with Gasteiger partial charge in [0, 0.05) is 18.2 Å². The van der Waals surface area contributed by atoms with E-state index in [1.165, 1.54) is 4.68 Å². The van der Waals surface area contributed by atoms with E-state index in [1.807, 2.05) is 31.2 Å². The van der Waals surface area contributed by atoms with Crippen molar-refractivity contribution in [1.82, 2.24) is 9.78 Å². The number of rotatable bonds is 2. The molecule has 1 aromatic carbocycles. The van der Waals surface area contributed by atoms with Gasteiger partial charge in [0.05, 0.1) is 12.8 Å². The normalized spacial score (nSPS) is 10.4. The highest BCUT2D eigenvalue weighted by Crippen LogP contribution is 2.23. The highest BCUT2D eigenvalue weighted by atomic mass is 16.5. The fourth-order valence-electron chi connectivity index (χ4n) is 1.72. The third kappa shape index (κ3) is 1.62. The number of hydrogen-bond donors (Lipinski definition) is 1. The zero-order valence-electron chi connectivity index (χ0n) is 9.57. The number of hydrogen-bond acceptors (Lipinski definition) is 2. The number of aromatic nitrogens is 2. The summed E-state index contributed by atoms with van der Waals surface area (Å²) in [6.07, 6.45) is 0. The van der Waals surface area contributed by atoms with Crippen LogP contribution in [0.4, 0.5) is 0 Å². The molecule has 2 rings (SSSR count). The topological polar surface area (TPSA) is 47.0 Å². The van der Waals surface area contributed by atoms with Crippen LogP contribution in [0.15, 0.2) is 29.1 Å². The Morgan fingerprint density at radius 3 is 2.69 bits per heavy atom. The molecule has 0 spiro atoms. The van der Waals surface area contributed by atoms with Gasteiger partial charge in [-0.3, -0.25) is 14.6 Å². The summed E-state index contributed by atoms with van der Waals surface area (Å²) in [4.78, 5) is 11.6. The van der Waals surface area contributed by atoms with Gasteiger partial charge in [-0.1, -0.05) is 12.1 Å². The second kappa shape index (κ2) is 3.89. The lowest BCUT2D eigenvalue weighted by atomic mass is 10.1. The SMILES string of the molecule is COc1cccc(-c2[nH]n(C)c(=O)c2C)c1. The monoisotopic (exact) mass is 218 g/mol. The smallest absolute Gasteiger partial charge is 0.269 e. The fraction of sp³-hybridized carbons (Fsp3) is 0.250. The van der Waals surface area contributed by atoms with Crippen LogP contribution in [-0.4, -0.2) is 16.9 Å². The molecule has 1 heterocycles. The van der Waals surface area contributed by atoms with Crippen LogP contribution >= 0.6 is 0 Å². The minimum absolute atomic E-state index is 0.00202. The number of nitrogens with one attached hydrogen (secondary N) is 1. The molecule has 4 nitrogen and oxygen atoms in total. The predicted molar refractivity (Wildman–Crippen MR) is 62.8 cm³/mol. The Morgan fingerprint density at radius 1 is 1.38 bits per heavy atom. The highest BCUT2D eigenvalue weighted by molar-refractivity contribution is 5.64. The maximum Gasteiger partial charge on any atom is 0.269 e. The number of nitrogens with zero attached hydrogens (tertiary/aromatic N) is 1. The minimum atomic E-state index is -0.00202. The van der Waals surface area contributed by atoms with Crippen molar-refractivity contribution in [2.24, 2.45) is 7.05 Å². The van der Waals surface area contributed by atoms with Crippen molar-refractivity contribution < 1.29 is 4.74 Å². The molecule has 0 aliphatic heterocycles. The molecule has 0 fully saturated rings. The van der Waals surface area contributed by atoms with Gasteiger partial charge in [0.25, 0.3) is 5.56 Å². The summed E-state index contributed by atoms with van der Waals surface area (Å²) in [5.41, 5.74) is 2.51. The lowest BCUT2D eigenvalue weighted by molar-refractivity contribution is 0.415. The number of benzene rings is 1. The molecule has 0 aliphatic carbocycles. The number of H-pyrrole nitrogens is 1. The van der Waals surface area contributed by atoms with Gasteiger partial charge in [-0.25, -0.2) is 0 Å². The van der Waals surface area contributed by atoms with E-state index in [4.69, 9.17) is 4.74 Å². The lowest BCUT2D eigenvalue weighted by Crippen LogP contribution is -2.12. The Hall–Kier alpha value is -1.97. The number of methoxy groups -OCH3 is 1. The molecule has 0 radical (unpaired) electrons. The molecule has 84 valence electrons. The molecule has 1 aromatic heterocycles. The largest absolute Gasteiger partial charge is 0.497 e. The summed E-state index contributed by atoms with van der Waals surface area (Å²) in [7, 11) is 3.33. The fourth-order valence-corrected chi connectivity index (χ4v) is 1.72. The van der Waals surface area contributed by atoms with Crippen molar-refractivity contribution in [2.45, 2.75) is 6.92 Å². The van der Waals surface area contributed by atoms with E-state index >= 15 is 0 Å². The predicted octanol–water partition coefficient (Wildman–Crippen LogP) is 1.70. The van der Waals surface area contributed by atoms with E-state index in [2.05, 4.69) is 5.10 Å². The van der Waals surface area contributed by atoms with Gasteiger partial charge in [0.1, 0.15) is 5.75 Å². The van der Waals surface area contributed by atoms with Gasteiger partial charge in [-0.05, 0) is 19.1 Å². The molecular formula is C12H14N2O2. The third-order valence-corrected chi connectivity index (χ3v) is 2.64. The Labute approximate surface area is 93.5 Å². The quantitative estimate of drug-likeness (QED) is 0.833.